The summed E-state index contributed by atoms with van der Waals surface area (Å²) in [6.07, 6.45) is 7.20. The van der Waals surface area contributed by atoms with Gasteiger partial charge in [-0.15, -0.1) is 0 Å². The van der Waals surface area contributed by atoms with Gasteiger partial charge < -0.3 is 15.4 Å². The number of halogens is 1. The SMILES string of the molecule is CC1=CC(C)C(Oc2ccc(F)cc2C(=O)NC2C=CNC(=O)C2)C=C1C. The number of rotatable bonds is 4. The van der Waals surface area contributed by atoms with Crippen LogP contribution in [0.1, 0.15) is 37.6 Å². The molecule has 1 aromatic carbocycles. The highest BCUT2D eigenvalue weighted by Crippen LogP contribution is 2.28. The fourth-order valence-electron chi connectivity index (χ4n) is 3.15. The van der Waals surface area contributed by atoms with Crippen LogP contribution in [0.25, 0.3) is 0 Å². The topological polar surface area (TPSA) is 67.4 Å². The van der Waals surface area contributed by atoms with Crippen molar-refractivity contribution in [3.63, 3.8) is 0 Å². The number of carbonyl (C=O) groups excluding carboxylic acids is 2. The predicted molar refractivity (Wildman–Crippen MR) is 101 cm³/mol. The van der Waals surface area contributed by atoms with E-state index >= 15 is 0 Å². The second-order valence-corrected chi connectivity index (χ2v) is 6.99. The summed E-state index contributed by atoms with van der Waals surface area (Å²) in [7, 11) is 0. The van der Waals surface area contributed by atoms with Gasteiger partial charge in [0.15, 0.2) is 0 Å². The Morgan fingerprint density at radius 1 is 1.26 bits per heavy atom. The van der Waals surface area contributed by atoms with Gasteiger partial charge in [-0.3, -0.25) is 9.59 Å². The van der Waals surface area contributed by atoms with Crippen LogP contribution in [0.5, 0.6) is 5.75 Å². The molecule has 3 rings (SSSR count). The van der Waals surface area contributed by atoms with Crippen molar-refractivity contribution < 1.29 is 18.7 Å². The summed E-state index contributed by atoms with van der Waals surface area (Å²) >= 11 is 0. The maximum atomic E-state index is 13.8. The van der Waals surface area contributed by atoms with Crippen LogP contribution in [0.15, 0.2) is 53.8 Å². The summed E-state index contributed by atoms with van der Waals surface area (Å²) in [5.41, 5.74) is 2.42. The first-order valence-corrected chi connectivity index (χ1v) is 8.94. The van der Waals surface area contributed by atoms with Gasteiger partial charge in [0.2, 0.25) is 5.91 Å². The van der Waals surface area contributed by atoms with E-state index in [0.29, 0.717) is 5.75 Å². The Bertz CT molecular complexity index is 857. The zero-order chi connectivity index (χ0) is 19.6. The molecule has 0 saturated heterocycles. The third-order valence-corrected chi connectivity index (χ3v) is 4.81. The smallest absolute Gasteiger partial charge is 0.255 e. The van der Waals surface area contributed by atoms with Gasteiger partial charge in [-0.2, -0.15) is 0 Å². The lowest BCUT2D eigenvalue weighted by atomic mass is 9.91. The van der Waals surface area contributed by atoms with E-state index in [4.69, 9.17) is 4.74 Å². The van der Waals surface area contributed by atoms with Gasteiger partial charge in [0.25, 0.3) is 5.91 Å². The third-order valence-electron chi connectivity index (χ3n) is 4.81. The average molecular weight is 370 g/mol. The maximum Gasteiger partial charge on any atom is 0.255 e. The van der Waals surface area contributed by atoms with E-state index in [1.807, 2.05) is 26.8 Å². The number of hydrogen-bond acceptors (Lipinski definition) is 3. The lowest BCUT2D eigenvalue weighted by Gasteiger charge is -2.27. The van der Waals surface area contributed by atoms with E-state index < -0.39 is 17.8 Å². The third kappa shape index (κ3) is 4.45. The van der Waals surface area contributed by atoms with Crippen molar-refractivity contribution in [1.29, 1.82) is 0 Å². The van der Waals surface area contributed by atoms with E-state index in [1.165, 1.54) is 23.9 Å². The largest absolute Gasteiger partial charge is 0.485 e. The van der Waals surface area contributed by atoms with Gasteiger partial charge >= 0.3 is 0 Å². The molecule has 2 aliphatic rings. The molecule has 0 aromatic heterocycles. The van der Waals surface area contributed by atoms with Gasteiger partial charge in [0.05, 0.1) is 18.0 Å². The molecule has 27 heavy (non-hydrogen) atoms. The number of hydrogen-bond donors (Lipinski definition) is 2. The minimum atomic E-state index is -0.524. The van der Waals surface area contributed by atoms with Crippen molar-refractivity contribution in [2.24, 2.45) is 5.92 Å². The van der Waals surface area contributed by atoms with Gasteiger partial charge in [0, 0.05) is 12.1 Å². The molecule has 6 heteroatoms. The Labute approximate surface area is 158 Å². The zero-order valence-electron chi connectivity index (χ0n) is 15.6. The summed E-state index contributed by atoms with van der Waals surface area (Å²) in [6, 6.07) is 3.45. The summed E-state index contributed by atoms with van der Waals surface area (Å²) in [6.45, 7) is 6.09. The van der Waals surface area contributed by atoms with E-state index in [-0.39, 0.29) is 29.9 Å². The van der Waals surface area contributed by atoms with Crippen LogP contribution in [-0.2, 0) is 4.79 Å². The number of benzene rings is 1. The van der Waals surface area contributed by atoms with Crippen LogP contribution in [0.4, 0.5) is 4.39 Å². The standard InChI is InChI=1S/C21H23FN2O3/c1-12-8-14(3)19(9-13(12)2)27-18-5-4-15(22)10-17(18)21(26)24-16-6-7-23-20(25)11-16/h4-10,14,16,19H,11H2,1-3H3,(H,23,25)(H,24,26). The van der Waals surface area contributed by atoms with Crippen LogP contribution >= 0.6 is 0 Å². The Morgan fingerprint density at radius 2 is 2.00 bits per heavy atom. The summed E-state index contributed by atoms with van der Waals surface area (Å²) in [4.78, 5) is 24.1. The van der Waals surface area contributed by atoms with Crippen LogP contribution in [0.2, 0.25) is 0 Å². The molecule has 5 nitrogen and oxygen atoms in total. The summed E-state index contributed by atoms with van der Waals surface area (Å²) in [5, 5.41) is 5.28. The molecule has 1 aliphatic carbocycles. The molecule has 3 unspecified atom stereocenters. The minimum Gasteiger partial charge on any atom is -0.485 e. The molecular weight excluding hydrogens is 347 g/mol. The Balaban J connectivity index is 1.81. The normalized spacial score (nSPS) is 24.6. The van der Waals surface area contributed by atoms with E-state index in [1.54, 1.807) is 6.08 Å². The van der Waals surface area contributed by atoms with Gasteiger partial charge in [-0.05, 0) is 49.8 Å². The second kappa shape index (κ2) is 7.78. The molecule has 1 aromatic rings. The molecule has 0 bridgehead atoms. The quantitative estimate of drug-likeness (QED) is 0.855. The molecular formula is C21H23FN2O3. The molecule has 1 heterocycles. The minimum absolute atomic E-state index is 0.110. The van der Waals surface area contributed by atoms with Crippen LogP contribution in [-0.4, -0.2) is 24.0 Å². The van der Waals surface area contributed by atoms with Crippen LogP contribution in [0.3, 0.4) is 0 Å². The van der Waals surface area contributed by atoms with E-state index in [0.717, 1.165) is 11.6 Å². The van der Waals surface area contributed by atoms with Crippen molar-refractivity contribution in [2.45, 2.75) is 39.3 Å². The Morgan fingerprint density at radius 3 is 2.74 bits per heavy atom. The lowest BCUT2D eigenvalue weighted by Crippen LogP contribution is -2.40. The highest BCUT2D eigenvalue weighted by atomic mass is 19.1. The number of ether oxygens (including phenoxy) is 1. The highest BCUT2D eigenvalue weighted by molar-refractivity contribution is 5.97. The highest BCUT2D eigenvalue weighted by Gasteiger charge is 2.24. The number of carbonyl (C=O) groups is 2. The second-order valence-electron chi connectivity index (χ2n) is 6.99. The van der Waals surface area contributed by atoms with Crippen molar-refractivity contribution in [2.75, 3.05) is 0 Å². The first-order valence-electron chi connectivity index (χ1n) is 8.94. The van der Waals surface area contributed by atoms with Gasteiger partial charge in [-0.25, -0.2) is 4.39 Å². The number of amides is 2. The Kier molecular flexibility index (Phi) is 5.44. The van der Waals surface area contributed by atoms with Crippen LogP contribution in [0, 0.1) is 11.7 Å². The molecule has 3 atom stereocenters. The molecule has 0 spiro atoms. The Hall–Kier alpha value is -2.89. The molecule has 0 fully saturated rings. The molecule has 1 aliphatic heterocycles. The fourth-order valence-corrected chi connectivity index (χ4v) is 3.15. The first kappa shape index (κ1) is 18.9. The monoisotopic (exact) mass is 370 g/mol. The molecule has 2 N–H and O–H groups in total. The van der Waals surface area contributed by atoms with Crippen molar-refractivity contribution in [3.05, 3.63) is 65.2 Å². The first-order chi connectivity index (χ1) is 12.8. The predicted octanol–water partition coefficient (Wildman–Crippen LogP) is 3.25. The van der Waals surface area contributed by atoms with E-state index in [9.17, 15) is 14.0 Å². The molecule has 142 valence electrons. The fraction of sp³-hybridized carbons (Fsp3) is 0.333. The molecule has 2 amide bonds. The summed E-state index contributed by atoms with van der Waals surface area (Å²) in [5.74, 6) is -0.753. The maximum absolute atomic E-state index is 13.8. The zero-order valence-corrected chi connectivity index (χ0v) is 15.6. The lowest BCUT2D eigenvalue weighted by molar-refractivity contribution is -0.120. The average Bonchev–Trinajstić information content (AvgIpc) is 2.61. The van der Waals surface area contributed by atoms with Crippen molar-refractivity contribution in [3.8, 4) is 5.75 Å². The number of allylic oxidation sites excluding steroid dienone is 2. The van der Waals surface area contributed by atoms with Crippen LogP contribution < -0.4 is 15.4 Å². The molecule has 0 radical (unpaired) electrons. The summed E-state index contributed by atoms with van der Waals surface area (Å²) < 4.78 is 19.8. The van der Waals surface area contributed by atoms with E-state index in [2.05, 4.69) is 16.7 Å². The molecule has 0 saturated carbocycles. The van der Waals surface area contributed by atoms with Gasteiger partial charge in [-0.1, -0.05) is 18.6 Å². The van der Waals surface area contributed by atoms with Gasteiger partial charge in [0.1, 0.15) is 17.7 Å². The van der Waals surface area contributed by atoms with Crippen molar-refractivity contribution >= 4 is 11.8 Å². The van der Waals surface area contributed by atoms with Crippen molar-refractivity contribution in [1.82, 2.24) is 10.6 Å². The number of nitrogens with one attached hydrogen (secondary N) is 2.